The standard InChI is InChI=1S/C14H19BrFNO/c1-5-17(6-2)14(3,4)13(18)10-8-7-9-11(15)12(10)16/h7-9H,5-6H2,1-4H3. The molecule has 1 aromatic rings. The summed E-state index contributed by atoms with van der Waals surface area (Å²) in [6.07, 6.45) is 0. The second kappa shape index (κ2) is 5.93. The molecular weight excluding hydrogens is 297 g/mol. The molecule has 1 rings (SSSR count). The summed E-state index contributed by atoms with van der Waals surface area (Å²) >= 11 is 3.11. The highest BCUT2D eigenvalue weighted by Gasteiger charge is 2.35. The van der Waals surface area contributed by atoms with E-state index in [1.165, 1.54) is 6.07 Å². The van der Waals surface area contributed by atoms with Crippen molar-refractivity contribution in [2.24, 2.45) is 0 Å². The van der Waals surface area contributed by atoms with Crippen LogP contribution in [0.4, 0.5) is 4.39 Å². The van der Waals surface area contributed by atoms with Crippen LogP contribution in [0, 0.1) is 5.82 Å². The van der Waals surface area contributed by atoms with Crippen LogP contribution in [0.2, 0.25) is 0 Å². The van der Waals surface area contributed by atoms with Gasteiger partial charge in [0.2, 0.25) is 0 Å². The molecule has 0 atom stereocenters. The molecule has 0 amide bonds. The number of carbonyl (C=O) groups excluding carboxylic acids is 1. The lowest BCUT2D eigenvalue weighted by atomic mass is 9.91. The quantitative estimate of drug-likeness (QED) is 0.768. The van der Waals surface area contributed by atoms with E-state index in [1.807, 2.05) is 32.6 Å². The molecule has 0 N–H and O–H groups in total. The summed E-state index contributed by atoms with van der Waals surface area (Å²) in [5, 5.41) is 0. The highest BCUT2D eigenvalue weighted by atomic mass is 79.9. The number of hydrogen-bond acceptors (Lipinski definition) is 2. The lowest BCUT2D eigenvalue weighted by Gasteiger charge is -2.35. The van der Waals surface area contributed by atoms with Crippen molar-refractivity contribution in [2.75, 3.05) is 13.1 Å². The van der Waals surface area contributed by atoms with Gasteiger partial charge in [0.25, 0.3) is 0 Å². The van der Waals surface area contributed by atoms with Gasteiger partial charge in [0.1, 0.15) is 5.82 Å². The Bertz CT molecular complexity index is 441. The summed E-state index contributed by atoms with van der Waals surface area (Å²) in [5.74, 6) is -0.673. The fraction of sp³-hybridized carbons (Fsp3) is 0.500. The molecule has 2 nitrogen and oxygen atoms in total. The normalized spacial score (nSPS) is 11.9. The highest BCUT2D eigenvalue weighted by molar-refractivity contribution is 9.10. The first-order valence-corrected chi connectivity index (χ1v) is 6.89. The van der Waals surface area contributed by atoms with Crippen molar-refractivity contribution in [3.8, 4) is 0 Å². The predicted octanol–water partition coefficient (Wildman–Crippen LogP) is 3.89. The number of ketones is 1. The Morgan fingerprint density at radius 2 is 1.89 bits per heavy atom. The number of likely N-dealkylation sites (N-methyl/N-ethyl adjacent to an activating group) is 1. The van der Waals surface area contributed by atoms with Crippen LogP contribution in [0.25, 0.3) is 0 Å². The second-order valence-electron chi connectivity index (χ2n) is 4.66. The van der Waals surface area contributed by atoms with Gasteiger partial charge in [-0.1, -0.05) is 19.9 Å². The van der Waals surface area contributed by atoms with Gasteiger partial charge in [-0.3, -0.25) is 9.69 Å². The van der Waals surface area contributed by atoms with Gasteiger partial charge in [0, 0.05) is 0 Å². The molecule has 0 fully saturated rings. The van der Waals surface area contributed by atoms with Gasteiger partial charge < -0.3 is 0 Å². The topological polar surface area (TPSA) is 20.3 Å². The molecule has 0 aliphatic carbocycles. The third-order valence-electron chi connectivity index (χ3n) is 3.31. The maximum atomic E-state index is 14.0. The zero-order valence-electron chi connectivity index (χ0n) is 11.3. The lowest BCUT2D eigenvalue weighted by molar-refractivity contribution is 0.0664. The molecule has 0 heterocycles. The predicted molar refractivity (Wildman–Crippen MR) is 75.4 cm³/mol. The lowest BCUT2D eigenvalue weighted by Crippen LogP contribution is -2.50. The first-order valence-electron chi connectivity index (χ1n) is 6.10. The smallest absolute Gasteiger partial charge is 0.185 e. The third kappa shape index (κ3) is 2.81. The highest BCUT2D eigenvalue weighted by Crippen LogP contribution is 2.25. The fourth-order valence-corrected chi connectivity index (χ4v) is 2.53. The average Bonchev–Trinajstić information content (AvgIpc) is 2.33. The van der Waals surface area contributed by atoms with Crippen molar-refractivity contribution in [1.82, 2.24) is 4.90 Å². The number of halogens is 2. The summed E-state index contributed by atoms with van der Waals surface area (Å²) < 4.78 is 14.3. The van der Waals surface area contributed by atoms with E-state index in [2.05, 4.69) is 15.9 Å². The van der Waals surface area contributed by atoms with Gasteiger partial charge in [-0.15, -0.1) is 0 Å². The minimum atomic E-state index is -0.703. The van der Waals surface area contributed by atoms with Crippen molar-refractivity contribution in [2.45, 2.75) is 33.2 Å². The third-order valence-corrected chi connectivity index (χ3v) is 3.92. The minimum absolute atomic E-state index is 0.140. The molecule has 0 spiro atoms. The first kappa shape index (κ1) is 15.3. The first-order chi connectivity index (χ1) is 8.36. The molecular formula is C14H19BrFNO. The number of benzene rings is 1. The SMILES string of the molecule is CCN(CC)C(C)(C)C(=O)c1cccc(Br)c1F. The van der Waals surface area contributed by atoms with Gasteiger partial charge >= 0.3 is 0 Å². The maximum absolute atomic E-state index is 14.0. The van der Waals surface area contributed by atoms with E-state index < -0.39 is 11.4 Å². The Morgan fingerprint density at radius 1 is 1.33 bits per heavy atom. The van der Waals surface area contributed by atoms with Crippen molar-refractivity contribution >= 4 is 21.7 Å². The van der Waals surface area contributed by atoms with Crippen LogP contribution >= 0.6 is 15.9 Å². The molecule has 0 saturated carbocycles. The molecule has 0 aliphatic rings. The van der Waals surface area contributed by atoms with Crippen molar-refractivity contribution in [3.63, 3.8) is 0 Å². The Balaban J connectivity index is 3.17. The van der Waals surface area contributed by atoms with Crippen LogP contribution in [0.5, 0.6) is 0 Å². The van der Waals surface area contributed by atoms with Crippen molar-refractivity contribution in [3.05, 3.63) is 34.1 Å². The summed E-state index contributed by atoms with van der Waals surface area (Å²) in [7, 11) is 0. The fourth-order valence-electron chi connectivity index (χ4n) is 2.17. The number of hydrogen-bond donors (Lipinski definition) is 0. The van der Waals surface area contributed by atoms with Crippen LogP contribution in [-0.4, -0.2) is 29.3 Å². The molecule has 0 aromatic heterocycles. The van der Waals surface area contributed by atoms with Crippen LogP contribution < -0.4 is 0 Å². The Kier molecular flexibility index (Phi) is 5.05. The summed E-state index contributed by atoms with van der Waals surface area (Å²) in [4.78, 5) is 14.5. The van der Waals surface area contributed by atoms with Gasteiger partial charge in [-0.05, 0) is 55.0 Å². The average molecular weight is 316 g/mol. The van der Waals surface area contributed by atoms with E-state index in [0.717, 1.165) is 13.1 Å². The van der Waals surface area contributed by atoms with Crippen molar-refractivity contribution in [1.29, 1.82) is 0 Å². The molecule has 4 heteroatoms. The zero-order valence-corrected chi connectivity index (χ0v) is 12.8. The Labute approximate surface area is 116 Å². The Morgan fingerprint density at radius 3 is 2.39 bits per heavy atom. The molecule has 0 aliphatic heterocycles. The molecule has 0 bridgehead atoms. The summed E-state index contributed by atoms with van der Waals surface area (Å²) in [6.45, 7) is 9.17. The number of nitrogens with zero attached hydrogens (tertiary/aromatic N) is 1. The molecule has 0 saturated heterocycles. The maximum Gasteiger partial charge on any atom is 0.185 e. The van der Waals surface area contributed by atoms with E-state index in [-0.39, 0.29) is 11.3 Å². The molecule has 100 valence electrons. The van der Waals surface area contributed by atoms with E-state index in [4.69, 9.17) is 0 Å². The van der Waals surface area contributed by atoms with Crippen LogP contribution in [0.1, 0.15) is 38.1 Å². The zero-order chi connectivity index (χ0) is 13.9. The summed E-state index contributed by atoms with van der Waals surface area (Å²) in [5.41, 5.74) is -0.563. The van der Waals surface area contributed by atoms with Crippen LogP contribution in [-0.2, 0) is 0 Å². The minimum Gasteiger partial charge on any atom is -0.292 e. The number of Topliss-reactive ketones (excluding diaryl/α,β-unsaturated/α-hetero) is 1. The van der Waals surface area contributed by atoms with Crippen LogP contribution in [0.3, 0.4) is 0 Å². The molecule has 0 radical (unpaired) electrons. The largest absolute Gasteiger partial charge is 0.292 e. The monoisotopic (exact) mass is 315 g/mol. The van der Waals surface area contributed by atoms with Crippen LogP contribution in [0.15, 0.2) is 22.7 Å². The molecule has 18 heavy (non-hydrogen) atoms. The van der Waals surface area contributed by atoms with Gasteiger partial charge in [0.15, 0.2) is 5.78 Å². The molecule has 0 unspecified atom stereocenters. The van der Waals surface area contributed by atoms with E-state index in [1.54, 1.807) is 12.1 Å². The van der Waals surface area contributed by atoms with Crippen molar-refractivity contribution < 1.29 is 9.18 Å². The number of rotatable bonds is 5. The van der Waals surface area contributed by atoms with E-state index in [0.29, 0.717) is 4.47 Å². The van der Waals surface area contributed by atoms with Gasteiger partial charge in [-0.2, -0.15) is 0 Å². The second-order valence-corrected chi connectivity index (χ2v) is 5.52. The molecule has 1 aromatic carbocycles. The van der Waals surface area contributed by atoms with E-state index in [9.17, 15) is 9.18 Å². The van der Waals surface area contributed by atoms with E-state index >= 15 is 0 Å². The number of carbonyl (C=O) groups is 1. The van der Waals surface area contributed by atoms with Gasteiger partial charge in [0.05, 0.1) is 15.6 Å². The summed E-state index contributed by atoms with van der Waals surface area (Å²) in [6, 6.07) is 4.81. The van der Waals surface area contributed by atoms with Gasteiger partial charge in [-0.25, -0.2) is 4.39 Å². The Hall–Kier alpha value is -0.740.